The molecule has 1 atom stereocenters. The molecule has 1 saturated heterocycles. The topological polar surface area (TPSA) is 58.6 Å². The van der Waals surface area contributed by atoms with E-state index >= 15 is 0 Å². The Morgan fingerprint density at radius 3 is 2.43 bits per heavy atom. The number of piperidine rings is 1. The van der Waals surface area contributed by atoms with Gasteiger partial charge in [0.05, 0.1) is 18.1 Å². The van der Waals surface area contributed by atoms with Gasteiger partial charge < -0.3 is 15.0 Å². The molecule has 0 aromatic heterocycles. The van der Waals surface area contributed by atoms with Crippen LogP contribution in [0.1, 0.15) is 43.4 Å². The van der Waals surface area contributed by atoms with E-state index in [9.17, 15) is 9.59 Å². The zero-order valence-corrected chi connectivity index (χ0v) is 16.2. The fourth-order valence-electron chi connectivity index (χ4n) is 4.40. The molecule has 1 fully saturated rings. The number of fused-ring (bicyclic) bond motifs is 1. The minimum atomic E-state index is -0.611. The summed E-state index contributed by atoms with van der Waals surface area (Å²) < 4.78 is 5.74. The number of amides is 2. The van der Waals surface area contributed by atoms with Gasteiger partial charge in [0.2, 0.25) is 11.8 Å². The van der Waals surface area contributed by atoms with E-state index in [1.165, 1.54) is 0 Å². The van der Waals surface area contributed by atoms with Crippen LogP contribution in [0.2, 0.25) is 0 Å². The molecular weight excluding hydrogens is 352 g/mol. The summed E-state index contributed by atoms with van der Waals surface area (Å²) in [6.45, 7) is 3.39. The van der Waals surface area contributed by atoms with E-state index in [1.54, 1.807) is 6.92 Å². The first-order valence-electron chi connectivity index (χ1n) is 9.94. The molecule has 2 aliphatic heterocycles. The highest BCUT2D eigenvalue weighted by Crippen LogP contribution is 2.38. The van der Waals surface area contributed by atoms with E-state index in [1.807, 2.05) is 59.5 Å². The van der Waals surface area contributed by atoms with Crippen LogP contribution < -0.4 is 10.1 Å². The summed E-state index contributed by atoms with van der Waals surface area (Å²) in [6, 6.07) is 17.8. The molecule has 2 amide bonds. The van der Waals surface area contributed by atoms with Gasteiger partial charge >= 0.3 is 0 Å². The predicted octanol–water partition coefficient (Wildman–Crippen LogP) is 3.21. The number of nitrogens with one attached hydrogen (secondary N) is 1. The van der Waals surface area contributed by atoms with Gasteiger partial charge in [-0.15, -0.1) is 0 Å². The number of benzene rings is 2. The number of likely N-dealkylation sites (tertiary alicyclic amines) is 1. The zero-order chi connectivity index (χ0) is 19.6. The summed E-state index contributed by atoms with van der Waals surface area (Å²) in [5, 5.41) is 3.31. The summed E-state index contributed by atoms with van der Waals surface area (Å²) in [6.07, 6.45) is 2.02. The third-order valence-corrected chi connectivity index (χ3v) is 6.09. The number of carbonyl (C=O) groups is 2. The van der Waals surface area contributed by atoms with Gasteiger partial charge in [0.15, 0.2) is 0 Å². The third kappa shape index (κ3) is 3.37. The molecule has 2 aliphatic rings. The molecule has 0 saturated carbocycles. The molecule has 2 aromatic rings. The van der Waals surface area contributed by atoms with Crippen LogP contribution in [0.4, 0.5) is 0 Å². The van der Waals surface area contributed by atoms with Crippen LogP contribution in [0.5, 0.6) is 5.75 Å². The number of hydrogen-bond donors (Lipinski definition) is 1. The average molecular weight is 378 g/mol. The van der Waals surface area contributed by atoms with Crippen LogP contribution >= 0.6 is 0 Å². The normalized spacial score (nSPS) is 20.6. The lowest BCUT2D eigenvalue weighted by Crippen LogP contribution is -2.53. The molecule has 0 radical (unpaired) electrons. The van der Waals surface area contributed by atoms with Crippen molar-refractivity contribution >= 4 is 11.8 Å². The second-order valence-electron chi connectivity index (χ2n) is 7.66. The molecular formula is C23H26N2O3. The Morgan fingerprint density at radius 1 is 1.04 bits per heavy atom. The fraction of sp³-hybridized carbons (Fsp3) is 0.391. The van der Waals surface area contributed by atoms with E-state index < -0.39 is 5.41 Å². The number of para-hydroxylation sites is 1. The van der Waals surface area contributed by atoms with Gasteiger partial charge in [-0.3, -0.25) is 9.59 Å². The maximum atomic E-state index is 13.6. The maximum Gasteiger partial charge on any atom is 0.231 e. The zero-order valence-electron chi connectivity index (χ0n) is 16.2. The molecule has 0 aliphatic carbocycles. The van der Waals surface area contributed by atoms with Crippen molar-refractivity contribution in [3.05, 3.63) is 65.7 Å². The Labute approximate surface area is 165 Å². The van der Waals surface area contributed by atoms with Crippen molar-refractivity contribution in [3.8, 4) is 5.75 Å². The van der Waals surface area contributed by atoms with Gasteiger partial charge in [0.25, 0.3) is 0 Å². The van der Waals surface area contributed by atoms with E-state index in [-0.39, 0.29) is 17.9 Å². The second kappa shape index (κ2) is 7.66. The second-order valence-corrected chi connectivity index (χ2v) is 7.66. The van der Waals surface area contributed by atoms with E-state index in [2.05, 4.69) is 5.32 Å². The molecule has 4 rings (SSSR count). The van der Waals surface area contributed by atoms with E-state index in [0.717, 1.165) is 23.3 Å². The summed E-state index contributed by atoms with van der Waals surface area (Å²) in [5.74, 6) is 0.961. The first-order valence-corrected chi connectivity index (χ1v) is 9.94. The van der Waals surface area contributed by atoms with Crippen molar-refractivity contribution in [2.24, 2.45) is 0 Å². The van der Waals surface area contributed by atoms with Crippen molar-refractivity contribution in [2.45, 2.75) is 37.6 Å². The Morgan fingerprint density at radius 2 is 1.71 bits per heavy atom. The first kappa shape index (κ1) is 18.5. The lowest BCUT2D eigenvalue weighted by atomic mass is 9.71. The molecule has 5 nitrogen and oxygen atoms in total. The van der Waals surface area contributed by atoms with Crippen LogP contribution in [0.25, 0.3) is 0 Å². The van der Waals surface area contributed by atoms with Crippen LogP contribution in [-0.2, 0) is 15.0 Å². The molecule has 5 heteroatoms. The van der Waals surface area contributed by atoms with Crippen molar-refractivity contribution in [2.75, 3.05) is 19.7 Å². The van der Waals surface area contributed by atoms with Crippen molar-refractivity contribution in [1.29, 1.82) is 0 Å². The number of ether oxygens (including phenoxy) is 1. The summed E-state index contributed by atoms with van der Waals surface area (Å²) in [5.41, 5.74) is 1.45. The van der Waals surface area contributed by atoms with Gasteiger partial charge in [-0.05, 0) is 24.5 Å². The lowest BCUT2D eigenvalue weighted by Gasteiger charge is -2.42. The Balaban J connectivity index is 1.61. The smallest absolute Gasteiger partial charge is 0.231 e. The van der Waals surface area contributed by atoms with Crippen molar-refractivity contribution in [3.63, 3.8) is 0 Å². The predicted molar refractivity (Wildman–Crippen MR) is 107 cm³/mol. The van der Waals surface area contributed by atoms with Crippen LogP contribution in [0, 0.1) is 0 Å². The van der Waals surface area contributed by atoms with Gasteiger partial charge in [-0.25, -0.2) is 0 Å². The lowest BCUT2D eigenvalue weighted by molar-refractivity contribution is -0.135. The fourth-order valence-corrected chi connectivity index (χ4v) is 4.40. The standard InChI is InChI=1S/C23H26N2O3/c1-17(26)25-14-12-23(13-15-25,18-7-3-2-4-8-18)22(27)24-20-11-16-28-21-10-6-5-9-19(20)21/h2-10,20H,11-16H2,1H3,(H,24,27)/t20-/m1/s1. The SMILES string of the molecule is CC(=O)N1CCC(C(=O)N[C@@H]2CCOc3ccccc32)(c2ccccc2)CC1. The van der Waals surface area contributed by atoms with Gasteiger partial charge in [0, 0.05) is 32.0 Å². The highest BCUT2D eigenvalue weighted by Gasteiger charge is 2.44. The van der Waals surface area contributed by atoms with Gasteiger partial charge in [-0.1, -0.05) is 48.5 Å². The van der Waals surface area contributed by atoms with Crippen LogP contribution in [-0.4, -0.2) is 36.4 Å². The monoisotopic (exact) mass is 378 g/mol. The minimum absolute atomic E-state index is 0.0450. The number of hydrogen-bond acceptors (Lipinski definition) is 3. The van der Waals surface area contributed by atoms with Gasteiger partial charge in [0.1, 0.15) is 5.75 Å². The summed E-state index contributed by atoms with van der Waals surface area (Å²) in [4.78, 5) is 27.2. The third-order valence-electron chi connectivity index (χ3n) is 6.09. The van der Waals surface area contributed by atoms with Crippen molar-refractivity contribution in [1.82, 2.24) is 10.2 Å². The van der Waals surface area contributed by atoms with Crippen LogP contribution in [0.3, 0.4) is 0 Å². The highest BCUT2D eigenvalue weighted by molar-refractivity contribution is 5.89. The molecule has 146 valence electrons. The largest absolute Gasteiger partial charge is 0.493 e. The maximum absolute atomic E-state index is 13.6. The molecule has 0 bridgehead atoms. The molecule has 2 heterocycles. The Hall–Kier alpha value is -2.82. The number of nitrogens with zero attached hydrogens (tertiary/aromatic N) is 1. The summed E-state index contributed by atoms with van der Waals surface area (Å²) >= 11 is 0. The average Bonchev–Trinajstić information content (AvgIpc) is 2.74. The quantitative estimate of drug-likeness (QED) is 0.892. The van der Waals surface area contributed by atoms with Gasteiger partial charge in [-0.2, -0.15) is 0 Å². The van der Waals surface area contributed by atoms with E-state index in [0.29, 0.717) is 32.5 Å². The van der Waals surface area contributed by atoms with E-state index in [4.69, 9.17) is 4.74 Å². The van der Waals surface area contributed by atoms with Crippen LogP contribution in [0.15, 0.2) is 54.6 Å². The highest BCUT2D eigenvalue weighted by atomic mass is 16.5. The first-order chi connectivity index (χ1) is 13.6. The molecule has 2 aromatic carbocycles. The minimum Gasteiger partial charge on any atom is -0.493 e. The number of rotatable bonds is 3. The molecule has 1 N–H and O–H groups in total. The molecule has 28 heavy (non-hydrogen) atoms. The van der Waals surface area contributed by atoms with Crippen molar-refractivity contribution < 1.29 is 14.3 Å². The Kier molecular flexibility index (Phi) is 5.07. The Bertz CT molecular complexity index is 857. The summed E-state index contributed by atoms with van der Waals surface area (Å²) in [7, 11) is 0. The molecule has 0 spiro atoms. The number of carbonyl (C=O) groups excluding carboxylic acids is 2. The molecule has 0 unspecified atom stereocenters.